The quantitative estimate of drug-likeness (QED) is 0.813. The summed E-state index contributed by atoms with van der Waals surface area (Å²) in [6.07, 6.45) is 6.25. The third-order valence-electron chi connectivity index (χ3n) is 4.41. The number of nitrogens with zero attached hydrogens (tertiary/aromatic N) is 2. The molecule has 1 heterocycles. The molecule has 1 N–H and O–H groups in total. The molecule has 0 aromatic heterocycles. The molecule has 5 nitrogen and oxygen atoms in total. The normalized spacial score (nSPS) is 25.1. The molecule has 20 heavy (non-hydrogen) atoms. The Labute approximate surface area is 121 Å². The lowest BCUT2D eigenvalue weighted by atomic mass is 9.94. The second-order valence-electron chi connectivity index (χ2n) is 6.01. The molecule has 0 bridgehead atoms. The van der Waals surface area contributed by atoms with Gasteiger partial charge in [0, 0.05) is 25.7 Å². The maximum absolute atomic E-state index is 12.4. The van der Waals surface area contributed by atoms with Gasteiger partial charge in [0.2, 0.25) is 5.91 Å². The predicted molar refractivity (Wildman–Crippen MR) is 77.5 cm³/mol. The Morgan fingerprint density at radius 1 is 1.35 bits per heavy atom. The van der Waals surface area contributed by atoms with Crippen molar-refractivity contribution < 1.29 is 14.6 Å². The van der Waals surface area contributed by atoms with Gasteiger partial charge >= 0.3 is 0 Å². The number of aliphatic hydroxyl groups excluding tert-OH is 1. The minimum Gasteiger partial charge on any atom is -0.395 e. The van der Waals surface area contributed by atoms with Crippen LogP contribution >= 0.6 is 0 Å². The van der Waals surface area contributed by atoms with Crippen LogP contribution in [-0.2, 0) is 9.53 Å². The van der Waals surface area contributed by atoms with E-state index in [9.17, 15) is 9.90 Å². The molecule has 1 aliphatic carbocycles. The number of amides is 1. The summed E-state index contributed by atoms with van der Waals surface area (Å²) in [5, 5.41) is 9.25. The standard InChI is InChI=1S/C15H28N2O3/c1-13-11-17(8-10-20-13)15(19)12-16(7-9-18)14-5-3-2-4-6-14/h13-14,18H,2-12H2,1H3. The molecular formula is C15H28N2O3. The number of carbonyl (C=O) groups is 1. The molecule has 2 rings (SSSR count). The number of aliphatic hydroxyl groups is 1. The van der Waals surface area contributed by atoms with Crippen molar-refractivity contribution >= 4 is 5.91 Å². The van der Waals surface area contributed by atoms with E-state index in [0.717, 1.165) is 12.8 Å². The maximum Gasteiger partial charge on any atom is 0.236 e. The fraction of sp³-hybridized carbons (Fsp3) is 0.933. The van der Waals surface area contributed by atoms with Crippen LogP contribution in [0.15, 0.2) is 0 Å². The summed E-state index contributed by atoms with van der Waals surface area (Å²) in [7, 11) is 0. The Bertz CT molecular complexity index is 305. The molecule has 116 valence electrons. The van der Waals surface area contributed by atoms with Crippen molar-refractivity contribution in [3.8, 4) is 0 Å². The Hall–Kier alpha value is -0.650. The van der Waals surface area contributed by atoms with E-state index < -0.39 is 0 Å². The SMILES string of the molecule is CC1CN(C(=O)CN(CCO)C2CCCCC2)CCO1. The van der Waals surface area contributed by atoms with Gasteiger partial charge in [-0.25, -0.2) is 0 Å². The molecule has 1 amide bonds. The first-order valence-electron chi connectivity index (χ1n) is 7.95. The van der Waals surface area contributed by atoms with Gasteiger partial charge in [-0.05, 0) is 19.8 Å². The highest BCUT2D eigenvalue weighted by molar-refractivity contribution is 5.78. The van der Waals surface area contributed by atoms with E-state index in [0.29, 0.717) is 38.8 Å². The van der Waals surface area contributed by atoms with Crippen molar-refractivity contribution in [2.24, 2.45) is 0 Å². The molecule has 1 aliphatic heterocycles. The average molecular weight is 284 g/mol. The van der Waals surface area contributed by atoms with Crippen LogP contribution in [0, 0.1) is 0 Å². The van der Waals surface area contributed by atoms with Crippen LogP contribution in [-0.4, -0.2) is 72.4 Å². The number of hydrogen-bond acceptors (Lipinski definition) is 4. The molecule has 5 heteroatoms. The van der Waals surface area contributed by atoms with Crippen molar-refractivity contribution in [3.05, 3.63) is 0 Å². The van der Waals surface area contributed by atoms with E-state index in [1.54, 1.807) is 0 Å². The Morgan fingerprint density at radius 2 is 2.10 bits per heavy atom. The van der Waals surface area contributed by atoms with E-state index in [2.05, 4.69) is 4.90 Å². The van der Waals surface area contributed by atoms with Gasteiger partial charge in [-0.15, -0.1) is 0 Å². The minimum absolute atomic E-state index is 0.128. The fourth-order valence-electron chi connectivity index (χ4n) is 3.28. The topological polar surface area (TPSA) is 53.0 Å². The average Bonchev–Trinajstić information content (AvgIpc) is 2.47. The molecule has 0 spiro atoms. The highest BCUT2D eigenvalue weighted by Gasteiger charge is 2.26. The minimum atomic E-state index is 0.128. The third kappa shape index (κ3) is 4.43. The summed E-state index contributed by atoms with van der Waals surface area (Å²) >= 11 is 0. The third-order valence-corrected chi connectivity index (χ3v) is 4.41. The molecule has 2 fully saturated rings. The molecule has 1 unspecified atom stereocenters. The van der Waals surface area contributed by atoms with Crippen molar-refractivity contribution in [1.82, 2.24) is 9.80 Å². The van der Waals surface area contributed by atoms with Gasteiger partial charge in [0.05, 0.1) is 25.9 Å². The van der Waals surface area contributed by atoms with Crippen LogP contribution in [0.3, 0.4) is 0 Å². The number of morpholine rings is 1. The van der Waals surface area contributed by atoms with Gasteiger partial charge in [-0.3, -0.25) is 9.69 Å². The number of ether oxygens (including phenoxy) is 1. The van der Waals surface area contributed by atoms with Gasteiger partial charge in [-0.2, -0.15) is 0 Å². The van der Waals surface area contributed by atoms with E-state index in [-0.39, 0.29) is 18.6 Å². The summed E-state index contributed by atoms with van der Waals surface area (Å²) in [5.74, 6) is 0.180. The molecule has 1 atom stereocenters. The van der Waals surface area contributed by atoms with Gasteiger partial charge in [0.25, 0.3) is 0 Å². The largest absolute Gasteiger partial charge is 0.395 e. The number of carbonyl (C=O) groups excluding carboxylic acids is 1. The number of rotatable bonds is 5. The highest BCUT2D eigenvalue weighted by Crippen LogP contribution is 2.22. The highest BCUT2D eigenvalue weighted by atomic mass is 16.5. The van der Waals surface area contributed by atoms with Gasteiger partial charge in [-0.1, -0.05) is 19.3 Å². The molecule has 0 aromatic carbocycles. The fourth-order valence-corrected chi connectivity index (χ4v) is 3.28. The van der Waals surface area contributed by atoms with E-state index in [1.165, 1.54) is 19.3 Å². The van der Waals surface area contributed by atoms with Crippen molar-refractivity contribution in [2.75, 3.05) is 39.4 Å². The summed E-state index contributed by atoms with van der Waals surface area (Å²) in [6.45, 7) is 5.21. The van der Waals surface area contributed by atoms with Crippen LogP contribution in [0.4, 0.5) is 0 Å². The molecule has 2 aliphatic rings. The second-order valence-corrected chi connectivity index (χ2v) is 6.01. The van der Waals surface area contributed by atoms with Crippen LogP contribution in [0.1, 0.15) is 39.0 Å². The maximum atomic E-state index is 12.4. The first kappa shape index (κ1) is 15.7. The Balaban J connectivity index is 1.87. The summed E-state index contributed by atoms with van der Waals surface area (Å²) < 4.78 is 5.48. The zero-order valence-electron chi connectivity index (χ0n) is 12.6. The summed E-state index contributed by atoms with van der Waals surface area (Å²) in [5.41, 5.74) is 0. The van der Waals surface area contributed by atoms with Crippen LogP contribution in [0.25, 0.3) is 0 Å². The van der Waals surface area contributed by atoms with Crippen LogP contribution in [0.2, 0.25) is 0 Å². The van der Waals surface area contributed by atoms with Crippen LogP contribution < -0.4 is 0 Å². The molecular weight excluding hydrogens is 256 g/mol. The predicted octanol–water partition coefficient (Wildman–Crippen LogP) is 0.861. The van der Waals surface area contributed by atoms with Crippen molar-refractivity contribution in [3.63, 3.8) is 0 Å². The van der Waals surface area contributed by atoms with E-state index in [1.807, 2.05) is 11.8 Å². The lowest BCUT2D eigenvalue weighted by Gasteiger charge is -2.36. The van der Waals surface area contributed by atoms with E-state index >= 15 is 0 Å². The van der Waals surface area contributed by atoms with Gasteiger partial charge in [0.15, 0.2) is 0 Å². The monoisotopic (exact) mass is 284 g/mol. The van der Waals surface area contributed by atoms with Crippen molar-refractivity contribution in [2.45, 2.75) is 51.2 Å². The lowest BCUT2D eigenvalue weighted by Crippen LogP contribution is -2.50. The van der Waals surface area contributed by atoms with Crippen molar-refractivity contribution in [1.29, 1.82) is 0 Å². The smallest absolute Gasteiger partial charge is 0.236 e. The zero-order chi connectivity index (χ0) is 14.4. The summed E-state index contributed by atoms with van der Waals surface area (Å²) in [4.78, 5) is 16.5. The first-order chi connectivity index (χ1) is 9.70. The Morgan fingerprint density at radius 3 is 2.75 bits per heavy atom. The zero-order valence-corrected chi connectivity index (χ0v) is 12.6. The first-order valence-corrected chi connectivity index (χ1v) is 7.95. The van der Waals surface area contributed by atoms with Crippen LogP contribution in [0.5, 0.6) is 0 Å². The van der Waals surface area contributed by atoms with Gasteiger partial charge < -0.3 is 14.7 Å². The second kappa shape index (κ2) is 7.96. The van der Waals surface area contributed by atoms with E-state index in [4.69, 9.17) is 4.74 Å². The molecule has 1 saturated heterocycles. The molecule has 0 radical (unpaired) electrons. The molecule has 0 aromatic rings. The summed E-state index contributed by atoms with van der Waals surface area (Å²) in [6, 6.07) is 0.471. The molecule has 1 saturated carbocycles. The Kier molecular flexibility index (Phi) is 6.26. The van der Waals surface area contributed by atoms with Gasteiger partial charge in [0.1, 0.15) is 0 Å². The lowest BCUT2D eigenvalue weighted by molar-refractivity contribution is -0.140. The number of hydrogen-bond donors (Lipinski definition) is 1.